The number of nitrogens with one attached hydrogen (secondary N) is 1. The lowest BCUT2D eigenvalue weighted by molar-refractivity contribution is 0.248. The molecule has 0 saturated heterocycles. The van der Waals surface area contributed by atoms with Gasteiger partial charge in [-0.25, -0.2) is 4.79 Å². The van der Waals surface area contributed by atoms with Crippen LogP contribution >= 0.6 is 0 Å². The molecule has 0 saturated carbocycles. The third kappa shape index (κ3) is 3.47. The number of rotatable bonds is 4. The Morgan fingerprint density at radius 3 is 2.79 bits per heavy atom. The van der Waals surface area contributed by atoms with E-state index in [-0.39, 0.29) is 0 Å². The van der Waals surface area contributed by atoms with Gasteiger partial charge >= 0.3 is 6.03 Å². The molecule has 0 aliphatic heterocycles. The molecule has 3 nitrogen and oxygen atoms in total. The average Bonchev–Trinajstić information content (AvgIpc) is 2.16. The number of carbonyl (C=O) groups is 1. The van der Waals surface area contributed by atoms with Gasteiger partial charge in [-0.2, -0.15) is 0 Å². The van der Waals surface area contributed by atoms with E-state index in [0.29, 0.717) is 6.54 Å². The molecule has 3 N–H and O–H groups in total. The molecule has 0 fully saturated rings. The van der Waals surface area contributed by atoms with E-state index >= 15 is 0 Å². The zero-order valence-corrected chi connectivity index (χ0v) is 8.42. The van der Waals surface area contributed by atoms with Gasteiger partial charge in [-0.15, -0.1) is 0 Å². The Morgan fingerprint density at radius 1 is 1.43 bits per heavy atom. The number of hydrogen-bond acceptors (Lipinski definition) is 1. The van der Waals surface area contributed by atoms with Gasteiger partial charge in [0.15, 0.2) is 0 Å². The summed E-state index contributed by atoms with van der Waals surface area (Å²) >= 11 is 0. The Balaban J connectivity index is 2.58. The highest BCUT2D eigenvalue weighted by atomic mass is 16.2. The average molecular weight is 192 g/mol. The molecule has 0 aliphatic rings. The van der Waals surface area contributed by atoms with E-state index in [9.17, 15) is 4.79 Å². The zero-order chi connectivity index (χ0) is 10.4. The normalized spacial score (nSPS) is 9.79. The number of carbonyl (C=O) groups excluding carboxylic acids is 1. The van der Waals surface area contributed by atoms with E-state index in [4.69, 9.17) is 5.73 Å². The quantitative estimate of drug-likeness (QED) is 0.751. The first-order valence-electron chi connectivity index (χ1n) is 4.83. The summed E-state index contributed by atoms with van der Waals surface area (Å²) in [5, 5.41) is 2.57. The lowest BCUT2D eigenvalue weighted by Gasteiger charge is -2.04. The van der Waals surface area contributed by atoms with Crippen LogP contribution in [0.4, 0.5) is 4.79 Å². The first-order chi connectivity index (χ1) is 6.72. The summed E-state index contributed by atoms with van der Waals surface area (Å²) in [6.45, 7) is 2.65. The largest absolute Gasteiger partial charge is 0.352 e. The summed E-state index contributed by atoms with van der Waals surface area (Å²) in [6, 6.07) is 7.69. The number of aryl methyl sites for hydroxylation is 1. The number of urea groups is 1. The van der Waals surface area contributed by atoms with Crippen molar-refractivity contribution in [1.29, 1.82) is 0 Å². The topological polar surface area (TPSA) is 55.1 Å². The Morgan fingerprint density at radius 2 is 2.14 bits per heavy atom. The molecular weight excluding hydrogens is 176 g/mol. The van der Waals surface area contributed by atoms with Crippen molar-refractivity contribution in [3.63, 3.8) is 0 Å². The summed E-state index contributed by atoms with van der Waals surface area (Å²) < 4.78 is 0. The van der Waals surface area contributed by atoms with Gasteiger partial charge in [0, 0.05) is 6.54 Å². The van der Waals surface area contributed by atoms with Crippen LogP contribution in [0.1, 0.15) is 24.5 Å². The first kappa shape index (κ1) is 10.6. The van der Waals surface area contributed by atoms with Crippen LogP contribution in [-0.2, 0) is 13.0 Å². The fourth-order valence-electron chi connectivity index (χ4n) is 1.37. The van der Waals surface area contributed by atoms with Crippen LogP contribution in [0.15, 0.2) is 24.3 Å². The van der Waals surface area contributed by atoms with Crippen molar-refractivity contribution in [2.24, 2.45) is 5.73 Å². The van der Waals surface area contributed by atoms with Crippen molar-refractivity contribution in [1.82, 2.24) is 5.32 Å². The summed E-state index contributed by atoms with van der Waals surface area (Å²) in [4.78, 5) is 10.5. The highest BCUT2D eigenvalue weighted by Gasteiger charge is 1.96. The third-order valence-corrected chi connectivity index (χ3v) is 2.00. The van der Waals surface area contributed by atoms with Gasteiger partial charge in [-0.3, -0.25) is 0 Å². The van der Waals surface area contributed by atoms with Crippen LogP contribution < -0.4 is 11.1 Å². The minimum Gasteiger partial charge on any atom is -0.352 e. The van der Waals surface area contributed by atoms with E-state index in [1.54, 1.807) is 0 Å². The predicted octanol–water partition coefficient (Wildman–Crippen LogP) is 1.81. The Bertz CT molecular complexity index is 310. The van der Waals surface area contributed by atoms with Crippen LogP contribution in [0.25, 0.3) is 0 Å². The smallest absolute Gasteiger partial charge is 0.312 e. The SMILES string of the molecule is CCCc1cccc(CNC(N)=O)c1. The number of amides is 2. The van der Waals surface area contributed by atoms with E-state index < -0.39 is 6.03 Å². The van der Waals surface area contributed by atoms with Gasteiger partial charge < -0.3 is 11.1 Å². The van der Waals surface area contributed by atoms with Gasteiger partial charge in [-0.05, 0) is 17.5 Å². The predicted molar refractivity (Wildman–Crippen MR) is 56.9 cm³/mol. The molecule has 0 heterocycles. The molecule has 0 aromatic heterocycles. The molecule has 3 heteroatoms. The molecule has 2 amide bonds. The Labute approximate surface area is 84.3 Å². The van der Waals surface area contributed by atoms with Gasteiger partial charge in [0.25, 0.3) is 0 Å². The van der Waals surface area contributed by atoms with Crippen molar-refractivity contribution in [3.8, 4) is 0 Å². The van der Waals surface area contributed by atoms with E-state index in [0.717, 1.165) is 18.4 Å². The van der Waals surface area contributed by atoms with Crippen LogP contribution in [0.3, 0.4) is 0 Å². The zero-order valence-electron chi connectivity index (χ0n) is 8.42. The van der Waals surface area contributed by atoms with Crippen molar-refractivity contribution in [2.45, 2.75) is 26.3 Å². The molecule has 1 rings (SSSR count). The molecule has 0 aliphatic carbocycles. The highest BCUT2D eigenvalue weighted by molar-refractivity contribution is 5.71. The summed E-state index contributed by atoms with van der Waals surface area (Å²) in [7, 11) is 0. The van der Waals surface area contributed by atoms with Crippen molar-refractivity contribution < 1.29 is 4.79 Å². The maximum Gasteiger partial charge on any atom is 0.312 e. The molecule has 0 atom stereocenters. The maximum atomic E-state index is 10.5. The van der Waals surface area contributed by atoms with Crippen LogP contribution in [-0.4, -0.2) is 6.03 Å². The minimum atomic E-state index is -0.481. The molecule has 14 heavy (non-hydrogen) atoms. The minimum absolute atomic E-state index is 0.481. The molecule has 0 bridgehead atoms. The Kier molecular flexibility index (Phi) is 3.98. The van der Waals surface area contributed by atoms with Gasteiger partial charge in [0.1, 0.15) is 0 Å². The molecule has 0 spiro atoms. The standard InChI is InChI=1S/C11H16N2O/c1-2-4-9-5-3-6-10(7-9)8-13-11(12)14/h3,5-7H,2,4,8H2,1H3,(H3,12,13,14). The van der Waals surface area contributed by atoms with E-state index in [2.05, 4.69) is 24.4 Å². The highest BCUT2D eigenvalue weighted by Crippen LogP contribution is 2.07. The van der Waals surface area contributed by atoms with Crippen LogP contribution in [0.2, 0.25) is 0 Å². The lowest BCUT2D eigenvalue weighted by atomic mass is 10.1. The number of benzene rings is 1. The fourth-order valence-corrected chi connectivity index (χ4v) is 1.37. The maximum absolute atomic E-state index is 10.5. The van der Waals surface area contributed by atoms with E-state index in [1.165, 1.54) is 5.56 Å². The first-order valence-corrected chi connectivity index (χ1v) is 4.83. The fraction of sp³-hybridized carbons (Fsp3) is 0.364. The molecule has 1 aromatic rings. The van der Waals surface area contributed by atoms with Crippen molar-refractivity contribution in [2.75, 3.05) is 0 Å². The summed E-state index contributed by atoms with van der Waals surface area (Å²) in [6.07, 6.45) is 2.21. The monoisotopic (exact) mass is 192 g/mol. The molecule has 0 unspecified atom stereocenters. The molecule has 1 aromatic carbocycles. The second kappa shape index (κ2) is 5.27. The number of nitrogens with two attached hydrogens (primary N) is 1. The third-order valence-electron chi connectivity index (χ3n) is 2.00. The summed E-state index contributed by atoms with van der Waals surface area (Å²) in [5.41, 5.74) is 7.38. The Hall–Kier alpha value is -1.51. The molecule has 0 radical (unpaired) electrons. The van der Waals surface area contributed by atoms with Gasteiger partial charge in [0.2, 0.25) is 0 Å². The van der Waals surface area contributed by atoms with Crippen molar-refractivity contribution in [3.05, 3.63) is 35.4 Å². The molecular formula is C11H16N2O. The lowest BCUT2D eigenvalue weighted by Crippen LogP contribution is -2.28. The second-order valence-electron chi connectivity index (χ2n) is 3.29. The molecule has 76 valence electrons. The number of primary amides is 1. The second-order valence-corrected chi connectivity index (χ2v) is 3.29. The number of hydrogen-bond donors (Lipinski definition) is 2. The van der Waals surface area contributed by atoms with Gasteiger partial charge in [-0.1, -0.05) is 37.6 Å². The summed E-state index contributed by atoms with van der Waals surface area (Å²) in [5.74, 6) is 0. The van der Waals surface area contributed by atoms with Crippen LogP contribution in [0.5, 0.6) is 0 Å². The van der Waals surface area contributed by atoms with Crippen molar-refractivity contribution >= 4 is 6.03 Å². The van der Waals surface area contributed by atoms with Gasteiger partial charge in [0.05, 0.1) is 0 Å². The van der Waals surface area contributed by atoms with E-state index in [1.807, 2.05) is 12.1 Å². The van der Waals surface area contributed by atoms with Crippen LogP contribution in [0, 0.1) is 0 Å².